The van der Waals surface area contributed by atoms with Gasteiger partial charge in [0.2, 0.25) is 0 Å². The average molecular weight is 249 g/mol. The van der Waals surface area contributed by atoms with Crippen LogP contribution in [0.1, 0.15) is 20.8 Å². The summed E-state index contributed by atoms with van der Waals surface area (Å²) < 4.78 is 13.7. The smallest absolute Gasteiger partial charge is 0.313 e. The second-order valence-corrected chi connectivity index (χ2v) is 6.29. The van der Waals surface area contributed by atoms with Crippen LogP contribution < -0.4 is 0 Å². The van der Waals surface area contributed by atoms with E-state index in [1.54, 1.807) is 0 Å². The summed E-state index contributed by atoms with van der Waals surface area (Å²) in [5, 5.41) is 8.51. The maximum absolute atomic E-state index is 13.7. The molecule has 0 aromatic carbocycles. The zero-order chi connectivity index (χ0) is 12.3. The second kappa shape index (κ2) is 5.36. The Kier molecular flexibility index (Phi) is 4.62. The van der Waals surface area contributed by atoms with Gasteiger partial charge >= 0.3 is 5.97 Å². The fraction of sp³-hybridized carbons (Fsp3) is 0.909. The standard InChI is InChI=1S/C11H20FNO2S/c1-11(2,3)13-4-8(9(12)5-13)6-16-7-10(14)15/h8-9H,4-7H2,1-3H3,(H,14,15). The van der Waals surface area contributed by atoms with Gasteiger partial charge in [0.25, 0.3) is 0 Å². The third-order valence-corrected chi connectivity index (χ3v) is 3.98. The molecule has 94 valence electrons. The van der Waals surface area contributed by atoms with Gasteiger partial charge in [0.05, 0.1) is 5.75 Å². The van der Waals surface area contributed by atoms with Crippen molar-refractivity contribution in [3.05, 3.63) is 0 Å². The summed E-state index contributed by atoms with van der Waals surface area (Å²) >= 11 is 1.31. The zero-order valence-electron chi connectivity index (χ0n) is 10.1. The number of hydrogen-bond acceptors (Lipinski definition) is 3. The van der Waals surface area contributed by atoms with Crippen molar-refractivity contribution in [2.75, 3.05) is 24.6 Å². The summed E-state index contributed by atoms with van der Waals surface area (Å²) in [7, 11) is 0. The number of aliphatic carboxylic acids is 1. The van der Waals surface area contributed by atoms with Gasteiger partial charge in [0.1, 0.15) is 6.17 Å². The third kappa shape index (κ3) is 3.94. The quantitative estimate of drug-likeness (QED) is 0.826. The molecule has 0 bridgehead atoms. The zero-order valence-corrected chi connectivity index (χ0v) is 10.9. The van der Waals surface area contributed by atoms with E-state index in [0.717, 1.165) is 6.54 Å². The van der Waals surface area contributed by atoms with Crippen LogP contribution in [0.3, 0.4) is 0 Å². The first-order valence-electron chi connectivity index (χ1n) is 5.49. The van der Waals surface area contributed by atoms with Crippen molar-refractivity contribution in [3.63, 3.8) is 0 Å². The minimum absolute atomic E-state index is 0.00342. The van der Waals surface area contributed by atoms with Crippen LogP contribution in [-0.2, 0) is 4.79 Å². The van der Waals surface area contributed by atoms with E-state index in [-0.39, 0.29) is 17.2 Å². The van der Waals surface area contributed by atoms with Gasteiger partial charge in [-0.05, 0) is 20.8 Å². The highest BCUT2D eigenvalue weighted by Gasteiger charge is 2.37. The van der Waals surface area contributed by atoms with Crippen molar-refractivity contribution in [1.29, 1.82) is 0 Å². The minimum atomic E-state index is -0.828. The van der Waals surface area contributed by atoms with Gasteiger partial charge < -0.3 is 5.11 Å². The molecule has 0 aromatic rings. The number of likely N-dealkylation sites (tertiary alicyclic amines) is 1. The first-order valence-corrected chi connectivity index (χ1v) is 6.65. The van der Waals surface area contributed by atoms with E-state index in [0.29, 0.717) is 12.3 Å². The number of alkyl halides is 1. The molecule has 0 aromatic heterocycles. The molecule has 1 fully saturated rings. The topological polar surface area (TPSA) is 40.5 Å². The summed E-state index contributed by atoms with van der Waals surface area (Å²) in [5.74, 6) is -0.187. The number of carbonyl (C=O) groups is 1. The highest BCUT2D eigenvalue weighted by Crippen LogP contribution is 2.28. The Labute approximate surface area is 100 Å². The molecule has 1 N–H and O–H groups in total. The molecule has 16 heavy (non-hydrogen) atoms. The molecule has 1 aliphatic heterocycles. The predicted octanol–water partition coefficient (Wildman–Crippen LogP) is 1.87. The first-order chi connectivity index (χ1) is 7.30. The van der Waals surface area contributed by atoms with Gasteiger partial charge in [-0.3, -0.25) is 9.69 Å². The number of rotatable bonds is 4. The van der Waals surface area contributed by atoms with E-state index in [1.807, 2.05) is 0 Å². The van der Waals surface area contributed by atoms with Crippen LogP contribution in [0.2, 0.25) is 0 Å². The second-order valence-electron chi connectivity index (χ2n) is 5.26. The van der Waals surface area contributed by atoms with Crippen LogP contribution in [0.15, 0.2) is 0 Å². The molecule has 2 unspecified atom stereocenters. The van der Waals surface area contributed by atoms with E-state index in [9.17, 15) is 9.18 Å². The van der Waals surface area contributed by atoms with Gasteiger partial charge in [-0.1, -0.05) is 0 Å². The van der Waals surface area contributed by atoms with Gasteiger partial charge in [-0.25, -0.2) is 4.39 Å². The molecule has 0 saturated carbocycles. The van der Waals surface area contributed by atoms with E-state index < -0.39 is 12.1 Å². The van der Waals surface area contributed by atoms with Crippen molar-refractivity contribution < 1.29 is 14.3 Å². The summed E-state index contributed by atoms with van der Waals surface area (Å²) in [6.45, 7) is 7.44. The van der Waals surface area contributed by atoms with E-state index in [2.05, 4.69) is 25.7 Å². The lowest BCUT2D eigenvalue weighted by Gasteiger charge is -2.31. The van der Waals surface area contributed by atoms with Crippen LogP contribution >= 0.6 is 11.8 Å². The number of hydrogen-bond donors (Lipinski definition) is 1. The highest BCUT2D eigenvalue weighted by atomic mass is 32.2. The molecule has 3 nitrogen and oxygen atoms in total. The highest BCUT2D eigenvalue weighted by molar-refractivity contribution is 7.99. The molecular weight excluding hydrogens is 229 g/mol. The Morgan fingerprint density at radius 2 is 2.12 bits per heavy atom. The summed E-state index contributed by atoms with van der Waals surface area (Å²) in [6, 6.07) is 0. The van der Waals surface area contributed by atoms with E-state index in [1.165, 1.54) is 11.8 Å². The molecule has 0 radical (unpaired) electrons. The maximum atomic E-state index is 13.7. The van der Waals surface area contributed by atoms with Gasteiger partial charge in [-0.15, -0.1) is 11.8 Å². The Hall–Kier alpha value is -0.290. The van der Waals surface area contributed by atoms with Crippen molar-refractivity contribution >= 4 is 17.7 Å². The van der Waals surface area contributed by atoms with Gasteiger partial charge in [-0.2, -0.15) is 0 Å². The Morgan fingerprint density at radius 1 is 1.50 bits per heavy atom. The number of thioether (sulfide) groups is 1. The van der Waals surface area contributed by atoms with Crippen LogP contribution in [0.5, 0.6) is 0 Å². The molecule has 1 heterocycles. The van der Waals surface area contributed by atoms with Crippen molar-refractivity contribution in [1.82, 2.24) is 4.90 Å². The molecule has 1 saturated heterocycles. The molecule has 0 spiro atoms. The lowest BCUT2D eigenvalue weighted by atomic mass is 10.1. The molecule has 1 aliphatic rings. The fourth-order valence-corrected chi connectivity index (χ4v) is 2.74. The molecule has 2 atom stereocenters. The lowest BCUT2D eigenvalue weighted by molar-refractivity contribution is -0.133. The number of carboxylic acid groups (broad SMARTS) is 1. The van der Waals surface area contributed by atoms with Gasteiger partial charge in [0, 0.05) is 30.3 Å². The largest absolute Gasteiger partial charge is 0.481 e. The summed E-state index contributed by atoms with van der Waals surface area (Å²) in [4.78, 5) is 12.5. The van der Waals surface area contributed by atoms with Crippen LogP contribution in [0.4, 0.5) is 4.39 Å². The summed E-state index contributed by atoms with van der Waals surface area (Å²) in [6.07, 6.45) is -0.819. The minimum Gasteiger partial charge on any atom is -0.481 e. The number of carboxylic acids is 1. The lowest BCUT2D eigenvalue weighted by Crippen LogP contribution is -2.39. The van der Waals surface area contributed by atoms with E-state index >= 15 is 0 Å². The van der Waals surface area contributed by atoms with Crippen LogP contribution in [-0.4, -0.2) is 52.3 Å². The van der Waals surface area contributed by atoms with Crippen molar-refractivity contribution in [2.24, 2.45) is 5.92 Å². The Bertz CT molecular complexity index is 255. The van der Waals surface area contributed by atoms with Crippen molar-refractivity contribution in [3.8, 4) is 0 Å². The normalized spacial score (nSPS) is 27.2. The maximum Gasteiger partial charge on any atom is 0.313 e. The number of nitrogens with zero attached hydrogens (tertiary/aromatic N) is 1. The van der Waals surface area contributed by atoms with Crippen LogP contribution in [0, 0.1) is 5.92 Å². The summed E-state index contributed by atoms with van der Waals surface area (Å²) in [5.41, 5.74) is -0.00342. The molecular formula is C11H20FNO2S. The van der Waals surface area contributed by atoms with Crippen LogP contribution in [0.25, 0.3) is 0 Å². The molecule has 0 aliphatic carbocycles. The Balaban J connectivity index is 2.37. The average Bonchev–Trinajstić information content (AvgIpc) is 2.46. The Morgan fingerprint density at radius 3 is 2.56 bits per heavy atom. The molecule has 0 amide bonds. The predicted molar refractivity (Wildman–Crippen MR) is 64.7 cm³/mol. The fourth-order valence-electron chi connectivity index (χ4n) is 1.83. The van der Waals surface area contributed by atoms with Gasteiger partial charge in [0.15, 0.2) is 0 Å². The SMILES string of the molecule is CC(C)(C)N1CC(F)C(CSCC(=O)O)C1. The molecule has 5 heteroatoms. The third-order valence-electron chi connectivity index (χ3n) is 2.87. The first kappa shape index (κ1) is 13.8. The number of halogens is 1. The monoisotopic (exact) mass is 249 g/mol. The van der Waals surface area contributed by atoms with E-state index in [4.69, 9.17) is 5.11 Å². The molecule has 1 rings (SSSR count). The van der Waals surface area contributed by atoms with Crippen molar-refractivity contribution in [2.45, 2.75) is 32.5 Å².